The quantitative estimate of drug-likeness (QED) is 0.385. The van der Waals surface area contributed by atoms with Crippen LogP contribution in [0.15, 0.2) is 30.6 Å². The molecule has 0 unspecified atom stereocenters. The van der Waals surface area contributed by atoms with E-state index in [0.717, 1.165) is 36.8 Å². The SMILES string of the molecule is COC(=O)c1c(NC(=S)Nc2cnn(Cc3ccc(F)cc3Cl)c2)sc2c1CCCC2. The Morgan fingerprint density at radius 2 is 2.16 bits per heavy atom. The van der Waals surface area contributed by atoms with Crippen molar-refractivity contribution in [2.75, 3.05) is 17.7 Å². The van der Waals surface area contributed by atoms with Crippen molar-refractivity contribution in [2.45, 2.75) is 32.2 Å². The highest BCUT2D eigenvalue weighted by molar-refractivity contribution is 7.80. The van der Waals surface area contributed by atoms with Crippen LogP contribution >= 0.6 is 35.2 Å². The van der Waals surface area contributed by atoms with Gasteiger partial charge in [-0.3, -0.25) is 4.68 Å². The molecular formula is C21H20ClFN4O2S2. The topological polar surface area (TPSA) is 68.2 Å². The van der Waals surface area contributed by atoms with Crippen LogP contribution in [-0.4, -0.2) is 28.0 Å². The molecule has 1 aromatic carbocycles. The molecule has 1 aliphatic carbocycles. The predicted molar refractivity (Wildman–Crippen MR) is 125 cm³/mol. The predicted octanol–water partition coefficient (Wildman–Crippen LogP) is 5.26. The van der Waals surface area contributed by atoms with Crippen LogP contribution in [0.3, 0.4) is 0 Å². The van der Waals surface area contributed by atoms with Gasteiger partial charge >= 0.3 is 5.97 Å². The number of nitrogens with zero attached hydrogens (tertiary/aromatic N) is 2. The monoisotopic (exact) mass is 478 g/mol. The zero-order chi connectivity index (χ0) is 22.0. The fourth-order valence-corrected chi connectivity index (χ4v) is 5.37. The van der Waals surface area contributed by atoms with Crippen molar-refractivity contribution in [3.63, 3.8) is 0 Å². The normalized spacial score (nSPS) is 12.9. The Morgan fingerprint density at radius 3 is 2.94 bits per heavy atom. The van der Waals surface area contributed by atoms with Gasteiger partial charge in [0.05, 0.1) is 31.1 Å². The third-order valence-corrected chi connectivity index (χ3v) is 6.79. The number of aryl methyl sites for hydroxylation is 1. The van der Waals surface area contributed by atoms with Crippen LogP contribution in [0.2, 0.25) is 5.02 Å². The molecule has 31 heavy (non-hydrogen) atoms. The number of esters is 1. The molecule has 0 bridgehead atoms. The lowest BCUT2D eigenvalue weighted by atomic mass is 9.95. The number of halogens is 2. The molecule has 2 aromatic heterocycles. The first-order valence-electron chi connectivity index (χ1n) is 9.72. The van der Waals surface area contributed by atoms with Gasteiger partial charge in [0, 0.05) is 16.1 Å². The minimum absolute atomic E-state index is 0.346. The van der Waals surface area contributed by atoms with E-state index >= 15 is 0 Å². The summed E-state index contributed by atoms with van der Waals surface area (Å²) in [6.07, 6.45) is 7.42. The standard InChI is InChI=1S/C21H20ClFN4O2S2/c1-29-20(28)18-15-4-2-3-5-17(15)31-19(18)26-21(30)25-14-9-24-27(11-14)10-12-6-7-13(23)8-16(12)22/h6-9,11H,2-5,10H2,1H3,(H2,25,26,30). The number of carbonyl (C=O) groups excluding carboxylic acids is 1. The number of hydrogen-bond acceptors (Lipinski definition) is 5. The minimum Gasteiger partial charge on any atom is -0.465 e. The minimum atomic E-state index is -0.380. The van der Waals surface area contributed by atoms with Gasteiger partial charge in [0.1, 0.15) is 10.8 Å². The second-order valence-electron chi connectivity index (χ2n) is 7.15. The number of nitrogens with one attached hydrogen (secondary N) is 2. The molecule has 0 fully saturated rings. The van der Waals surface area contributed by atoms with Gasteiger partial charge in [-0.1, -0.05) is 17.7 Å². The molecule has 0 radical (unpaired) electrons. The van der Waals surface area contributed by atoms with Gasteiger partial charge in [-0.25, -0.2) is 9.18 Å². The Kier molecular flexibility index (Phi) is 6.54. The second-order valence-corrected chi connectivity index (χ2v) is 9.07. The highest BCUT2D eigenvalue weighted by Crippen LogP contribution is 2.38. The molecule has 0 spiro atoms. The number of ether oxygens (including phenoxy) is 1. The highest BCUT2D eigenvalue weighted by Gasteiger charge is 2.26. The zero-order valence-electron chi connectivity index (χ0n) is 16.7. The van der Waals surface area contributed by atoms with Gasteiger partial charge in [0.2, 0.25) is 0 Å². The van der Waals surface area contributed by atoms with Crippen molar-refractivity contribution in [3.05, 3.63) is 63.0 Å². The zero-order valence-corrected chi connectivity index (χ0v) is 19.1. The number of thiocarbonyl (C=S) groups is 1. The molecule has 3 aromatic rings. The number of hydrogen-bond donors (Lipinski definition) is 2. The summed E-state index contributed by atoms with van der Waals surface area (Å²) in [6.45, 7) is 0.394. The van der Waals surface area contributed by atoms with Gasteiger partial charge < -0.3 is 15.4 Å². The maximum Gasteiger partial charge on any atom is 0.341 e. The molecule has 6 nitrogen and oxygen atoms in total. The second kappa shape index (κ2) is 9.33. The number of anilines is 2. The number of aromatic nitrogens is 2. The van der Waals surface area contributed by atoms with Crippen LogP contribution in [0.25, 0.3) is 0 Å². The molecule has 0 saturated carbocycles. The lowest BCUT2D eigenvalue weighted by molar-refractivity contribution is 0.0601. The first-order valence-corrected chi connectivity index (χ1v) is 11.3. The average molecular weight is 479 g/mol. The summed E-state index contributed by atoms with van der Waals surface area (Å²) in [6, 6.07) is 4.27. The molecule has 2 heterocycles. The third-order valence-electron chi connectivity index (χ3n) is 5.03. The Hall–Kier alpha value is -2.49. The van der Waals surface area contributed by atoms with Crippen LogP contribution in [0.4, 0.5) is 15.1 Å². The van der Waals surface area contributed by atoms with Crippen molar-refractivity contribution in [1.82, 2.24) is 9.78 Å². The molecule has 1 aliphatic rings. The summed E-state index contributed by atoms with van der Waals surface area (Å²) in [5.41, 5.74) is 3.08. The molecule has 0 saturated heterocycles. The van der Waals surface area contributed by atoms with E-state index in [1.165, 1.54) is 24.1 Å². The van der Waals surface area contributed by atoms with Crippen molar-refractivity contribution < 1.29 is 13.9 Å². The molecule has 2 N–H and O–H groups in total. The summed E-state index contributed by atoms with van der Waals surface area (Å²) < 4.78 is 19.9. The number of thiophene rings is 1. The van der Waals surface area contributed by atoms with Crippen molar-refractivity contribution >= 4 is 56.9 Å². The lowest BCUT2D eigenvalue weighted by Crippen LogP contribution is -2.20. The van der Waals surface area contributed by atoms with Crippen molar-refractivity contribution in [1.29, 1.82) is 0 Å². The van der Waals surface area contributed by atoms with E-state index in [4.69, 9.17) is 28.6 Å². The highest BCUT2D eigenvalue weighted by atomic mass is 35.5. The van der Waals surface area contributed by atoms with Gasteiger partial charge in [-0.05, 0) is 61.2 Å². The number of methoxy groups -OCH3 is 1. The lowest BCUT2D eigenvalue weighted by Gasteiger charge is -2.12. The van der Waals surface area contributed by atoms with E-state index in [0.29, 0.717) is 32.9 Å². The van der Waals surface area contributed by atoms with Gasteiger partial charge in [-0.2, -0.15) is 5.10 Å². The Labute approximate surface area is 193 Å². The molecule has 162 valence electrons. The molecule has 4 rings (SSSR count). The molecule has 10 heteroatoms. The van der Waals surface area contributed by atoms with Gasteiger partial charge in [0.15, 0.2) is 5.11 Å². The third kappa shape index (κ3) is 4.89. The van der Waals surface area contributed by atoms with Crippen molar-refractivity contribution in [3.8, 4) is 0 Å². The number of carbonyl (C=O) groups is 1. The van der Waals surface area contributed by atoms with Crippen LogP contribution in [0.1, 0.15) is 39.2 Å². The van der Waals surface area contributed by atoms with Gasteiger partial charge in [0.25, 0.3) is 0 Å². The van der Waals surface area contributed by atoms with Crippen LogP contribution in [0.5, 0.6) is 0 Å². The Balaban J connectivity index is 1.45. The first kappa shape index (κ1) is 21.7. The van der Waals surface area contributed by atoms with E-state index in [2.05, 4.69) is 15.7 Å². The van der Waals surface area contributed by atoms with Crippen LogP contribution in [-0.2, 0) is 24.1 Å². The van der Waals surface area contributed by atoms with E-state index in [1.807, 2.05) is 0 Å². The van der Waals surface area contributed by atoms with E-state index in [9.17, 15) is 9.18 Å². The van der Waals surface area contributed by atoms with Gasteiger partial charge in [-0.15, -0.1) is 11.3 Å². The van der Waals surface area contributed by atoms with Crippen molar-refractivity contribution in [2.24, 2.45) is 0 Å². The fourth-order valence-electron chi connectivity index (χ4n) is 3.58. The maximum atomic E-state index is 13.2. The first-order chi connectivity index (χ1) is 14.9. The molecule has 0 atom stereocenters. The average Bonchev–Trinajstić information content (AvgIpc) is 3.33. The van der Waals surface area contributed by atoms with E-state index in [1.54, 1.807) is 34.5 Å². The van der Waals surface area contributed by atoms with Crippen LogP contribution < -0.4 is 10.6 Å². The Morgan fingerprint density at radius 1 is 1.35 bits per heavy atom. The molecular weight excluding hydrogens is 459 g/mol. The summed E-state index contributed by atoms with van der Waals surface area (Å²) >= 11 is 13.1. The molecule has 0 amide bonds. The Bertz CT molecular complexity index is 1140. The summed E-state index contributed by atoms with van der Waals surface area (Å²) in [5, 5.41) is 11.9. The largest absolute Gasteiger partial charge is 0.465 e. The number of rotatable bonds is 5. The fraction of sp³-hybridized carbons (Fsp3) is 0.286. The smallest absolute Gasteiger partial charge is 0.341 e. The molecule has 0 aliphatic heterocycles. The summed E-state index contributed by atoms with van der Waals surface area (Å²) in [5.74, 6) is -0.733. The van der Waals surface area contributed by atoms with E-state index < -0.39 is 0 Å². The summed E-state index contributed by atoms with van der Waals surface area (Å²) in [7, 11) is 1.39. The number of benzene rings is 1. The summed E-state index contributed by atoms with van der Waals surface area (Å²) in [4.78, 5) is 13.6. The number of fused-ring (bicyclic) bond motifs is 1. The van der Waals surface area contributed by atoms with Crippen LogP contribution in [0, 0.1) is 5.82 Å². The maximum absolute atomic E-state index is 13.2. The van der Waals surface area contributed by atoms with E-state index in [-0.39, 0.29) is 11.8 Å².